The number of hydrogen-bond donors (Lipinski definition) is 2. The molecule has 0 aliphatic carbocycles. The van der Waals surface area contributed by atoms with Crippen molar-refractivity contribution in [3.63, 3.8) is 0 Å². The molecule has 0 atom stereocenters. The van der Waals surface area contributed by atoms with Gasteiger partial charge >= 0.3 is 6.18 Å². The molecule has 2 aromatic carbocycles. The lowest BCUT2D eigenvalue weighted by molar-refractivity contribution is -0.138. The summed E-state index contributed by atoms with van der Waals surface area (Å²) in [6, 6.07) is 18.0. The summed E-state index contributed by atoms with van der Waals surface area (Å²) in [6.45, 7) is 0.775. The van der Waals surface area contributed by atoms with Gasteiger partial charge in [0.15, 0.2) is 5.65 Å². The number of methoxy groups -OCH3 is 1. The maximum Gasteiger partial charge on any atom is 0.416 e. The first-order valence-electron chi connectivity index (χ1n) is 12.4. The predicted octanol–water partition coefficient (Wildman–Crippen LogP) is 5.89. The molecular weight excluding hydrogens is 557 g/mol. The molecule has 212 valence electrons. The van der Waals surface area contributed by atoms with E-state index >= 15 is 0 Å². The van der Waals surface area contributed by atoms with Gasteiger partial charge in [-0.05, 0) is 48.0 Å². The van der Waals surface area contributed by atoms with Gasteiger partial charge in [0.05, 0.1) is 23.6 Å². The lowest BCUT2D eigenvalue weighted by Crippen LogP contribution is -2.22. The summed E-state index contributed by atoms with van der Waals surface area (Å²) < 4.78 is 47.9. The number of pyridine rings is 1. The van der Waals surface area contributed by atoms with Gasteiger partial charge in [0.2, 0.25) is 0 Å². The molecule has 0 saturated carbocycles. The van der Waals surface area contributed by atoms with E-state index in [1.54, 1.807) is 47.4 Å². The number of carbonyl (C=O) groups is 1. The Morgan fingerprint density at radius 3 is 2.54 bits per heavy atom. The number of ether oxygens (including phenoxy) is 1. The predicted molar refractivity (Wildman–Crippen MR) is 152 cm³/mol. The lowest BCUT2D eigenvalue weighted by atomic mass is 10.0. The smallest absolute Gasteiger partial charge is 0.383 e. The maximum atomic E-state index is 13.8. The molecule has 0 spiro atoms. The van der Waals surface area contributed by atoms with Crippen LogP contribution in [0.25, 0.3) is 28.2 Å². The van der Waals surface area contributed by atoms with Crippen molar-refractivity contribution in [3.05, 3.63) is 102 Å². The zero-order valence-electron chi connectivity index (χ0n) is 21.9. The largest absolute Gasteiger partial charge is 0.416 e. The van der Waals surface area contributed by atoms with Gasteiger partial charge in [-0.2, -0.15) is 18.3 Å². The van der Waals surface area contributed by atoms with Crippen LogP contribution in [0.2, 0.25) is 0 Å². The van der Waals surface area contributed by atoms with E-state index in [-0.39, 0.29) is 30.1 Å². The Morgan fingerprint density at radius 1 is 0.976 bits per heavy atom. The molecule has 5 rings (SSSR count). The highest BCUT2D eigenvalue weighted by Crippen LogP contribution is 2.33. The third-order valence-corrected chi connectivity index (χ3v) is 6.23. The van der Waals surface area contributed by atoms with E-state index in [1.165, 1.54) is 19.2 Å². The topological polar surface area (TPSA) is 93.4 Å². The van der Waals surface area contributed by atoms with Crippen molar-refractivity contribution >= 4 is 29.6 Å². The van der Waals surface area contributed by atoms with Crippen LogP contribution in [0, 0.1) is 0 Å². The number of fused-ring (bicyclic) bond motifs is 1. The second-order valence-electron chi connectivity index (χ2n) is 8.94. The van der Waals surface area contributed by atoms with Gasteiger partial charge in [0.25, 0.3) is 5.91 Å². The molecule has 3 heterocycles. The van der Waals surface area contributed by atoms with E-state index in [1.807, 2.05) is 24.3 Å². The molecule has 0 radical (unpaired) electrons. The monoisotopic (exact) mass is 582 g/mol. The number of alkyl halides is 3. The normalized spacial score (nSPS) is 11.3. The summed E-state index contributed by atoms with van der Waals surface area (Å²) in [7, 11) is 1.51. The Morgan fingerprint density at radius 2 is 1.78 bits per heavy atom. The van der Waals surface area contributed by atoms with Crippen LogP contribution in [0.3, 0.4) is 0 Å². The summed E-state index contributed by atoms with van der Waals surface area (Å²) in [5, 5.41) is 10.3. The van der Waals surface area contributed by atoms with Crippen LogP contribution in [0.5, 0.6) is 0 Å². The van der Waals surface area contributed by atoms with Gasteiger partial charge in [-0.1, -0.05) is 18.2 Å². The fourth-order valence-corrected chi connectivity index (χ4v) is 4.27. The van der Waals surface area contributed by atoms with Crippen molar-refractivity contribution in [2.75, 3.05) is 25.6 Å². The minimum atomic E-state index is -4.61. The van der Waals surface area contributed by atoms with Crippen LogP contribution in [-0.4, -0.2) is 45.8 Å². The van der Waals surface area contributed by atoms with E-state index in [4.69, 9.17) is 9.84 Å². The molecule has 0 saturated heterocycles. The molecule has 1 amide bonds. The minimum Gasteiger partial charge on any atom is -0.383 e. The number of hydrogen-bond acceptors (Lipinski definition) is 6. The van der Waals surface area contributed by atoms with Gasteiger partial charge in [-0.15, -0.1) is 12.4 Å². The average Bonchev–Trinajstić information content (AvgIpc) is 3.40. The first kappa shape index (κ1) is 29.7. The molecule has 41 heavy (non-hydrogen) atoms. The van der Waals surface area contributed by atoms with E-state index in [0.29, 0.717) is 24.5 Å². The van der Waals surface area contributed by atoms with Crippen molar-refractivity contribution in [1.29, 1.82) is 0 Å². The fraction of sp³-hybridized carbons (Fsp3) is 0.172. The lowest BCUT2D eigenvalue weighted by Gasteiger charge is -2.15. The van der Waals surface area contributed by atoms with Crippen LogP contribution in [-0.2, 0) is 17.5 Å². The molecule has 0 aliphatic heterocycles. The highest BCUT2D eigenvalue weighted by atomic mass is 35.5. The summed E-state index contributed by atoms with van der Waals surface area (Å²) in [6.07, 6.45) is 0.425. The first-order valence-corrected chi connectivity index (χ1v) is 12.4. The number of aromatic nitrogens is 4. The Kier molecular flexibility index (Phi) is 9.33. The highest BCUT2D eigenvalue weighted by molar-refractivity contribution is 6.04. The number of anilines is 1. The molecule has 0 fully saturated rings. The van der Waals surface area contributed by atoms with E-state index < -0.39 is 17.6 Å². The summed E-state index contributed by atoms with van der Waals surface area (Å²) >= 11 is 0. The van der Waals surface area contributed by atoms with Crippen molar-refractivity contribution in [2.24, 2.45) is 0 Å². The number of carbonyl (C=O) groups excluding carboxylic acids is 1. The van der Waals surface area contributed by atoms with Crippen molar-refractivity contribution < 1.29 is 22.7 Å². The van der Waals surface area contributed by atoms with Crippen LogP contribution in [0.4, 0.5) is 18.9 Å². The van der Waals surface area contributed by atoms with Crippen LogP contribution in [0.1, 0.15) is 21.5 Å². The third-order valence-electron chi connectivity index (χ3n) is 6.23. The van der Waals surface area contributed by atoms with Crippen LogP contribution >= 0.6 is 12.4 Å². The van der Waals surface area contributed by atoms with Gasteiger partial charge in [-0.25, -0.2) is 9.50 Å². The quantitative estimate of drug-likeness (QED) is 0.211. The highest BCUT2D eigenvalue weighted by Gasteiger charge is 2.34. The number of nitrogens with zero attached hydrogens (tertiary/aromatic N) is 4. The maximum absolute atomic E-state index is 13.8. The van der Waals surface area contributed by atoms with Gasteiger partial charge < -0.3 is 15.4 Å². The zero-order valence-corrected chi connectivity index (χ0v) is 22.7. The van der Waals surface area contributed by atoms with Crippen molar-refractivity contribution in [3.8, 4) is 22.5 Å². The molecule has 3 aromatic heterocycles. The molecule has 12 heteroatoms. The van der Waals surface area contributed by atoms with Crippen LogP contribution < -0.4 is 10.6 Å². The Hall–Kier alpha value is -4.32. The Balaban J connectivity index is 0.00000387. The second-order valence-corrected chi connectivity index (χ2v) is 8.94. The molecule has 0 unspecified atom stereocenters. The molecule has 0 bridgehead atoms. The average molecular weight is 583 g/mol. The second kappa shape index (κ2) is 12.9. The summed E-state index contributed by atoms with van der Waals surface area (Å²) in [4.78, 5) is 21.4. The summed E-state index contributed by atoms with van der Waals surface area (Å²) in [5.41, 5.74) is 3.24. The molecule has 2 N–H and O–H groups in total. The minimum absolute atomic E-state index is 0. The van der Waals surface area contributed by atoms with Crippen molar-refractivity contribution in [2.45, 2.75) is 12.7 Å². The zero-order chi connectivity index (χ0) is 28.1. The van der Waals surface area contributed by atoms with E-state index in [0.717, 1.165) is 28.6 Å². The number of benzene rings is 2. The molecular formula is C29H26ClF3N6O2. The molecule has 8 nitrogen and oxygen atoms in total. The standard InChI is InChI=1S/C29H25F3N6O2.ClH/c1-40-14-13-34-18-22-6-5-21(16-24(22)29(30,31)32)28(39)36-23-4-2-3-20(15-23)26-9-12-35-27-17-25(37-38(26)27)19-7-10-33-11-8-19;/h2-12,15-17,34H,13-14,18H2,1H3,(H,36,39);1H. The van der Waals surface area contributed by atoms with Crippen molar-refractivity contribution in [1.82, 2.24) is 24.9 Å². The number of nitrogens with one attached hydrogen (secondary N) is 2. The van der Waals surface area contributed by atoms with Gasteiger partial charge in [-0.3, -0.25) is 9.78 Å². The van der Waals surface area contributed by atoms with Gasteiger partial charge in [0.1, 0.15) is 0 Å². The number of amides is 1. The Bertz CT molecular complexity index is 1640. The SMILES string of the molecule is COCCNCc1ccc(C(=O)Nc2cccc(-c3ccnc4cc(-c5ccncc5)nn34)c2)cc1C(F)(F)F.Cl. The molecule has 0 aliphatic rings. The fourth-order valence-electron chi connectivity index (χ4n) is 4.27. The third kappa shape index (κ3) is 6.88. The van der Waals surface area contributed by atoms with Gasteiger partial charge in [0, 0.05) is 67.2 Å². The number of halogens is 4. The molecule has 5 aromatic rings. The Labute approximate surface area is 240 Å². The summed E-state index contributed by atoms with van der Waals surface area (Å²) in [5.74, 6) is -0.652. The first-order chi connectivity index (χ1) is 19.3. The van der Waals surface area contributed by atoms with E-state index in [9.17, 15) is 18.0 Å². The van der Waals surface area contributed by atoms with E-state index in [2.05, 4.69) is 20.6 Å². The van der Waals surface area contributed by atoms with Crippen LogP contribution in [0.15, 0.2) is 85.3 Å². The number of rotatable bonds is 9.